The van der Waals surface area contributed by atoms with Gasteiger partial charge < -0.3 is 10.2 Å². The highest BCUT2D eigenvalue weighted by atomic mass is 19.1. The van der Waals surface area contributed by atoms with E-state index in [1.165, 1.54) is 25.0 Å². The van der Waals surface area contributed by atoms with Gasteiger partial charge in [0.25, 0.3) is 0 Å². The molecule has 2 rings (SSSR count). The van der Waals surface area contributed by atoms with E-state index in [1.807, 2.05) is 12.1 Å². The summed E-state index contributed by atoms with van der Waals surface area (Å²) in [6.07, 6.45) is 2.51. The first-order valence-corrected chi connectivity index (χ1v) is 6.93. The van der Waals surface area contributed by atoms with Crippen LogP contribution in [-0.4, -0.2) is 25.7 Å². The molecule has 0 spiro atoms. The molecule has 0 radical (unpaired) electrons. The first kappa shape index (κ1) is 13.3. The third-order valence-electron chi connectivity index (χ3n) is 3.77. The minimum atomic E-state index is -0.167. The Hall–Kier alpha value is -1.09. The summed E-state index contributed by atoms with van der Waals surface area (Å²) in [5, 5.41) is 3.58. The normalized spacial score (nSPS) is 23.9. The predicted molar refractivity (Wildman–Crippen MR) is 74.5 cm³/mol. The fourth-order valence-electron chi connectivity index (χ4n) is 2.69. The lowest BCUT2D eigenvalue weighted by molar-refractivity contribution is 0.321. The summed E-state index contributed by atoms with van der Waals surface area (Å²) in [7, 11) is 0. The van der Waals surface area contributed by atoms with Crippen LogP contribution >= 0.6 is 0 Å². The van der Waals surface area contributed by atoms with Gasteiger partial charge in [-0.1, -0.05) is 6.92 Å². The highest BCUT2D eigenvalue weighted by molar-refractivity contribution is 5.46. The number of piperidine rings is 1. The van der Waals surface area contributed by atoms with Crippen molar-refractivity contribution in [1.82, 2.24) is 5.32 Å². The van der Waals surface area contributed by atoms with Crippen molar-refractivity contribution in [3.63, 3.8) is 0 Å². The van der Waals surface area contributed by atoms with E-state index >= 15 is 0 Å². The van der Waals surface area contributed by atoms with Gasteiger partial charge in [0.05, 0.1) is 0 Å². The monoisotopic (exact) mass is 250 g/mol. The molecule has 100 valence electrons. The topological polar surface area (TPSA) is 15.3 Å². The van der Waals surface area contributed by atoms with Gasteiger partial charge in [-0.15, -0.1) is 0 Å². The van der Waals surface area contributed by atoms with Gasteiger partial charge in [0, 0.05) is 24.8 Å². The Morgan fingerprint density at radius 3 is 2.67 bits per heavy atom. The van der Waals surface area contributed by atoms with Gasteiger partial charge in [0.15, 0.2) is 0 Å². The summed E-state index contributed by atoms with van der Waals surface area (Å²) in [5.74, 6) is 0.641. The van der Waals surface area contributed by atoms with Gasteiger partial charge in [-0.3, -0.25) is 0 Å². The van der Waals surface area contributed by atoms with Gasteiger partial charge in [0.1, 0.15) is 5.82 Å². The maximum absolute atomic E-state index is 12.9. The van der Waals surface area contributed by atoms with Crippen LogP contribution in [0.2, 0.25) is 0 Å². The van der Waals surface area contributed by atoms with Gasteiger partial charge in [-0.25, -0.2) is 4.39 Å². The van der Waals surface area contributed by atoms with Crippen LogP contribution in [0.4, 0.5) is 10.1 Å². The Kier molecular flexibility index (Phi) is 4.59. The number of benzene rings is 1. The van der Waals surface area contributed by atoms with Crippen molar-refractivity contribution in [2.75, 3.05) is 24.5 Å². The van der Waals surface area contributed by atoms with Gasteiger partial charge in [-0.2, -0.15) is 0 Å². The Morgan fingerprint density at radius 1 is 1.33 bits per heavy atom. The van der Waals surface area contributed by atoms with Crippen LogP contribution < -0.4 is 10.2 Å². The fourth-order valence-corrected chi connectivity index (χ4v) is 2.69. The average molecular weight is 250 g/mol. The molecule has 2 unspecified atom stereocenters. The standard InChI is InChI=1S/C15H23FN2/c1-3-18(15-6-4-13(16)5-7-15)11-14-10-12(2)8-9-17-14/h4-7,12,14,17H,3,8-11H2,1-2H3. The predicted octanol–water partition coefficient (Wildman–Crippen LogP) is 3.04. The lowest BCUT2D eigenvalue weighted by Crippen LogP contribution is -2.45. The van der Waals surface area contributed by atoms with Crippen LogP contribution in [0.3, 0.4) is 0 Å². The summed E-state index contributed by atoms with van der Waals surface area (Å²) < 4.78 is 12.9. The number of likely N-dealkylation sites (N-methyl/N-ethyl adjacent to an activating group) is 1. The molecule has 18 heavy (non-hydrogen) atoms. The van der Waals surface area contributed by atoms with Crippen molar-refractivity contribution in [2.24, 2.45) is 5.92 Å². The molecule has 3 heteroatoms. The second-order valence-corrected chi connectivity index (χ2v) is 5.30. The Bertz CT molecular complexity index is 363. The molecule has 0 saturated carbocycles. The smallest absolute Gasteiger partial charge is 0.123 e. The van der Waals surface area contributed by atoms with E-state index in [4.69, 9.17) is 0 Å². The number of nitrogens with zero attached hydrogens (tertiary/aromatic N) is 1. The number of anilines is 1. The highest BCUT2D eigenvalue weighted by Gasteiger charge is 2.20. The van der Waals surface area contributed by atoms with Crippen LogP contribution in [0.1, 0.15) is 26.7 Å². The van der Waals surface area contributed by atoms with Crippen molar-refractivity contribution >= 4 is 5.69 Å². The summed E-state index contributed by atoms with van der Waals surface area (Å²) >= 11 is 0. The Labute approximate surface area is 109 Å². The number of hydrogen-bond acceptors (Lipinski definition) is 2. The van der Waals surface area contributed by atoms with Crippen LogP contribution in [-0.2, 0) is 0 Å². The molecule has 1 N–H and O–H groups in total. The summed E-state index contributed by atoms with van der Waals surface area (Å²) in [6, 6.07) is 7.36. The Morgan fingerprint density at radius 2 is 2.06 bits per heavy atom. The summed E-state index contributed by atoms with van der Waals surface area (Å²) in [4.78, 5) is 2.31. The molecule has 1 aromatic carbocycles. The van der Waals surface area contributed by atoms with Gasteiger partial charge in [-0.05, 0) is 56.5 Å². The van der Waals surface area contributed by atoms with E-state index in [2.05, 4.69) is 24.1 Å². The lowest BCUT2D eigenvalue weighted by Gasteiger charge is -2.33. The zero-order valence-corrected chi connectivity index (χ0v) is 11.3. The maximum atomic E-state index is 12.9. The van der Waals surface area contributed by atoms with E-state index in [0.29, 0.717) is 6.04 Å². The van der Waals surface area contributed by atoms with Crippen LogP contribution in [0, 0.1) is 11.7 Å². The summed E-state index contributed by atoms with van der Waals surface area (Å²) in [6.45, 7) is 7.55. The van der Waals surface area contributed by atoms with E-state index in [9.17, 15) is 4.39 Å². The zero-order chi connectivity index (χ0) is 13.0. The van der Waals surface area contributed by atoms with Gasteiger partial charge >= 0.3 is 0 Å². The molecule has 1 aliphatic heterocycles. The number of rotatable bonds is 4. The van der Waals surface area contributed by atoms with E-state index in [1.54, 1.807) is 0 Å². The van der Waals surface area contributed by atoms with Crippen molar-refractivity contribution in [3.05, 3.63) is 30.1 Å². The summed E-state index contributed by atoms with van der Waals surface area (Å²) in [5.41, 5.74) is 1.11. The largest absolute Gasteiger partial charge is 0.370 e. The van der Waals surface area contributed by atoms with Crippen molar-refractivity contribution < 1.29 is 4.39 Å². The second kappa shape index (κ2) is 6.19. The first-order chi connectivity index (χ1) is 8.69. The quantitative estimate of drug-likeness (QED) is 0.883. The molecule has 0 aromatic heterocycles. The minimum absolute atomic E-state index is 0.167. The van der Waals surface area contributed by atoms with Crippen molar-refractivity contribution in [2.45, 2.75) is 32.7 Å². The van der Waals surface area contributed by atoms with Crippen molar-refractivity contribution in [3.8, 4) is 0 Å². The van der Waals surface area contributed by atoms with E-state index < -0.39 is 0 Å². The van der Waals surface area contributed by atoms with Crippen molar-refractivity contribution in [1.29, 1.82) is 0 Å². The molecular formula is C15H23FN2. The molecule has 0 bridgehead atoms. The number of halogens is 1. The third-order valence-corrected chi connectivity index (χ3v) is 3.77. The SMILES string of the molecule is CCN(CC1CC(C)CCN1)c1ccc(F)cc1. The second-order valence-electron chi connectivity index (χ2n) is 5.30. The minimum Gasteiger partial charge on any atom is -0.370 e. The average Bonchev–Trinajstić information content (AvgIpc) is 2.37. The molecule has 1 aliphatic rings. The molecule has 2 atom stereocenters. The molecule has 1 heterocycles. The number of hydrogen-bond donors (Lipinski definition) is 1. The molecule has 1 fully saturated rings. The van der Waals surface area contributed by atoms with Crippen LogP contribution in [0.5, 0.6) is 0 Å². The third kappa shape index (κ3) is 3.45. The van der Waals surface area contributed by atoms with E-state index in [0.717, 1.165) is 31.2 Å². The molecule has 1 aromatic rings. The maximum Gasteiger partial charge on any atom is 0.123 e. The molecule has 1 saturated heterocycles. The lowest BCUT2D eigenvalue weighted by atomic mass is 9.94. The fraction of sp³-hybridized carbons (Fsp3) is 0.600. The van der Waals surface area contributed by atoms with Crippen LogP contribution in [0.25, 0.3) is 0 Å². The Balaban J connectivity index is 1.98. The highest BCUT2D eigenvalue weighted by Crippen LogP contribution is 2.19. The molecule has 0 aliphatic carbocycles. The first-order valence-electron chi connectivity index (χ1n) is 6.93. The van der Waals surface area contributed by atoms with Crippen LogP contribution in [0.15, 0.2) is 24.3 Å². The van der Waals surface area contributed by atoms with Gasteiger partial charge in [0.2, 0.25) is 0 Å². The molecular weight excluding hydrogens is 227 g/mol. The zero-order valence-electron chi connectivity index (χ0n) is 11.3. The molecule has 2 nitrogen and oxygen atoms in total. The van der Waals surface area contributed by atoms with E-state index in [-0.39, 0.29) is 5.82 Å². The number of nitrogens with one attached hydrogen (secondary N) is 1. The molecule has 0 amide bonds.